The molecule has 0 aliphatic heterocycles. The Labute approximate surface area is 121 Å². The number of benzene rings is 1. The molecule has 20 heavy (non-hydrogen) atoms. The molecule has 1 aliphatic rings. The monoisotopic (exact) mass is 276 g/mol. The van der Waals surface area contributed by atoms with Gasteiger partial charge >= 0.3 is 0 Å². The average Bonchev–Trinajstić information content (AvgIpc) is 2.86. The molecule has 0 saturated heterocycles. The van der Waals surface area contributed by atoms with Gasteiger partial charge in [0.05, 0.1) is 6.61 Å². The number of methoxy groups -OCH3 is 1. The highest BCUT2D eigenvalue weighted by Crippen LogP contribution is 2.26. The van der Waals surface area contributed by atoms with Crippen molar-refractivity contribution in [2.75, 3.05) is 32.7 Å². The molecule has 1 amide bonds. The lowest BCUT2D eigenvalue weighted by Gasteiger charge is -2.21. The van der Waals surface area contributed by atoms with Crippen molar-refractivity contribution >= 4 is 11.6 Å². The Hall–Kier alpha value is -1.55. The van der Waals surface area contributed by atoms with Crippen LogP contribution in [0.25, 0.3) is 0 Å². The number of rotatable bonds is 5. The molecule has 0 unspecified atom stereocenters. The zero-order valence-corrected chi connectivity index (χ0v) is 12.6. The van der Waals surface area contributed by atoms with Crippen molar-refractivity contribution in [3.8, 4) is 0 Å². The van der Waals surface area contributed by atoms with E-state index < -0.39 is 0 Å². The quantitative estimate of drug-likeness (QED) is 0.897. The van der Waals surface area contributed by atoms with Crippen molar-refractivity contribution in [2.45, 2.75) is 25.3 Å². The van der Waals surface area contributed by atoms with E-state index in [1.54, 1.807) is 7.11 Å². The molecule has 1 aliphatic carbocycles. The largest absolute Gasteiger partial charge is 0.384 e. The summed E-state index contributed by atoms with van der Waals surface area (Å²) in [5, 5.41) is 3.16. The van der Waals surface area contributed by atoms with Crippen molar-refractivity contribution < 1.29 is 9.53 Å². The second-order valence-corrected chi connectivity index (χ2v) is 5.67. The molecule has 1 fully saturated rings. The summed E-state index contributed by atoms with van der Waals surface area (Å²) in [6, 6.07) is 7.95. The minimum atomic E-state index is 0.0155. The first-order valence-electron chi connectivity index (χ1n) is 7.19. The van der Waals surface area contributed by atoms with Gasteiger partial charge in [0.25, 0.3) is 5.91 Å². The molecule has 0 bridgehead atoms. The van der Waals surface area contributed by atoms with Crippen LogP contribution in [0.3, 0.4) is 0 Å². The van der Waals surface area contributed by atoms with Gasteiger partial charge in [0, 0.05) is 44.4 Å². The summed E-state index contributed by atoms with van der Waals surface area (Å²) in [7, 11) is 5.67. The summed E-state index contributed by atoms with van der Waals surface area (Å²) < 4.78 is 5.24. The standard InChI is InChI=1S/C16H24N2O2/c1-18(2)14-8-4-6-12(10-14)16(19)17-15-9-5-7-13(15)11-20-3/h4,6,8,10,13,15H,5,7,9,11H2,1-3H3,(H,17,19)/t13-,15-/m1/s1. The molecule has 1 aromatic rings. The van der Waals surface area contributed by atoms with E-state index in [2.05, 4.69) is 5.32 Å². The Morgan fingerprint density at radius 2 is 2.20 bits per heavy atom. The molecule has 2 rings (SSSR count). The molecule has 4 nitrogen and oxygen atoms in total. The van der Waals surface area contributed by atoms with Gasteiger partial charge in [-0.05, 0) is 31.0 Å². The molecule has 0 spiro atoms. The van der Waals surface area contributed by atoms with E-state index in [0.29, 0.717) is 5.92 Å². The number of amides is 1. The van der Waals surface area contributed by atoms with E-state index in [-0.39, 0.29) is 11.9 Å². The zero-order chi connectivity index (χ0) is 14.5. The Bertz CT molecular complexity index is 460. The van der Waals surface area contributed by atoms with Gasteiger partial charge in [0.15, 0.2) is 0 Å². The van der Waals surface area contributed by atoms with Gasteiger partial charge in [-0.15, -0.1) is 0 Å². The maximum absolute atomic E-state index is 12.4. The number of anilines is 1. The fourth-order valence-electron chi connectivity index (χ4n) is 2.82. The van der Waals surface area contributed by atoms with E-state index >= 15 is 0 Å². The van der Waals surface area contributed by atoms with E-state index in [1.807, 2.05) is 43.3 Å². The van der Waals surface area contributed by atoms with Crippen LogP contribution in [-0.2, 0) is 4.74 Å². The summed E-state index contributed by atoms with van der Waals surface area (Å²) >= 11 is 0. The fourth-order valence-corrected chi connectivity index (χ4v) is 2.82. The van der Waals surface area contributed by atoms with Crippen LogP contribution < -0.4 is 10.2 Å². The number of nitrogens with zero attached hydrogens (tertiary/aromatic N) is 1. The van der Waals surface area contributed by atoms with Crippen LogP contribution in [0, 0.1) is 5.92 Å². The average molecular weight is 276 g/mol. The number of carbonyl (C=O) groups is 1. The maximum atomic E-state index is 12.4. The smallest absolute Gasteiger partial charge is 0.251 e. The lowest BCUT2D eigenvalue weighted by atomic mass is 10.0. The van der Waals surface area contributed by atoms with Gasteiger partial charge in [-0.25, -0.2) is 0 Å². The molecule has 110 valence electrons. The molecule has 1 aromatic carbocycles. The maximum Gasteiger partial charge on any atom is 0.251 e. The zero-order valence-electron chi connectivity index (χ0n) is 12.6. The van der Waals surface area contributed by atoms with Crippen LogP contribution in [0.5, 0.6) is 0 Å². The summed E-state index contributed by atoms with van der Waals surface area (Å²) in [5.41, 5.74) is 1.76. The molecule has 0 radical (unpaired) electrons. The number of nitrogens with one attached hydrogen (secondary N) is 1. The third-order valence-corrected chi connectivity index (χ3v) is 3.98. The third-order valence-electron chi connectivity index (χ3n) is 3.98. The predicted molar refractivity (Wildman–Crippen MR) is 81.2 cm³/mol. The predicted octanol–water partition coefficient (Wildman–Crippen LogP) is 2.30. The first kappa shape index (κ1) is 14.9. The highest BCUT2D eigenvalue weighted by molar-refractivity contribution is 5.95. The Morgan fingerprint density at radius 3 is 2.90 bits per heavy atom. The van der Waals surface area contributed by atoms with Gasteiger partial charge in [0.1, 0.15) is 0 Å². The first-order valence-corrected chi connectivity index (χ1v) is 7.19. The minimum absolute atomic E-state index is 0.0155. The van der Waals surface area contributed by atoms with Crippen LogP contribution in [-0.4, -0.2) is 39.8 Å². The molecule has 1 N–H and O–H groups in total. The topological polar surface area (TPSA) is 41.6 Å². The van der Waals surface area contributed by atoms with Crippen molar-refractivity contribution in [1.82, 2.24) is 5.32 Å². The highest BCUT2D eigenvalue weighted by atomic mass is 16.5. The van der Waals surface area contributed by atoms with Crippen molar-refractivity contribution in [3.05, 3.63) is 29.8 Å². The second-order valence-electron chi connectivity index (χ2n) is 5.67. The molecular weight excluding hydrogens is 252 g/mol. The third kappa shape index (κ3) is 3.51. The summed E-state index contributed by atoms with van der Waals surface area (Å²) in [5.74, 6) is 0.461. The van der Waals surface area contributed by atoms with Gasteiger partial charge in [-0.1, -0.05) is 12.5 Å². The number of carbonyl (C=O) groups excluding carboxylic acids is 1. The van der Waals surface area contributed by atoms with Crippen LogP contribution in [0.15, 0.2) is 24.3 Å². The number of hydrogen-bond donors (Lipinski definition) is 1. The van der Waals surface area contributed by atoms with Crippen LogP contribution in [0.2, 0.25) is 0 Å². The Morgan fingerprint density at radius 1 is 1.40 bits per heavy atom. The van der Waals surface area contributed by atoms with Gasteiger partial charge in [-0.3, -0.25) is 4.79 Å². The van der Waals surface area contributed by atoms with Gasteiger partial charge in [0.2, 0.25) is 0 Å². The van der Waals surface area contributed by atoms with Crippen molar-refractivity contribution in [1.29, 1.82) is 0 Å². The lowest BCUT2D eigenvalue weighted by molar-refractivity contribution is 0.0898. The molecule has 4 heteroatoms. The van der Waals surface area contributed by atoms with Gasteiger partial charge in [-0.2, -0.15) is 0 Å². The van der Waals surface area contributed by atoms with Crippen molar-refractivity contribution in [2.24, 2.45) is 5.92 Å². The second kappa shape index (κ2) is 6.75. The summed E-state index contributed by atoms with van der Waals surface area (Å²) in [4.78, 5) is 14.4. The molecular formula is C16H24N2O2. The minimum Gasteiger partial charge on any atom is -0.384 e. The van der Waals surface area contributed by atoms with Crippen LogP contribution in [0.1, 0.15) is 29.6 Å². The van der Waals surface area contributed by atoms with Gasteiger partial charge < -0.3 is 15.0 Å². The van der Waals surface area contributed by atoms with E-state index in [0.717, 1.165) is 37.1 Å². The number of hydrogen-bond acceptors (Lipinski definition) is 3. The van der Waals surface area contributed by atoms with Crippen LogP contribution >= 0.6 is 0 Å². The highest BCUT2D eigenvalue weighted by Gasteiger charge is 2.28. The molecule has 0 heterocycles. The lowest BCUT2D eigenvalue weighted by Crippen LogP contribution is -2.38. The van der Waals surface area contributed by atoms with E-state index in [9.17, 15) is 4.79 Å². The molecule has 2 atom stereocenters. The number of ether oxygens (including phenoxy) is 1. The fraction of sp³-hybridized carbons (Fsp3) is 0.562. The summed E-state index contributed by atoms with van der Waals surface area (Å²) in [6.07, 6.45) is 3.35. The first-order chi connectivity index (χ1) is 9.61. The molecule has 0 aromatic heterocycles. The Kier molecular flexibility index (Phi) is 5.01. The normalized spacial score (nSPS) is 21.8. The van der Waals surface area contributed by atoms with Crippen molar-refractivity contribution in [3.63, 3.8) is 0 Å². The van der Waals surface area contributed by atoms with E-state index in [4.69, 9.17) is 4.74 Å². The van der Waals surface area contributed by atoms with Crippen LogP contribution in [0.4, 0.5) is 5.69 Å². The summed E-state index contributed by atoms with van der Waals surface area (Å²) in [6.45, 7) is 0.725. The SMILES string of the molecule is COC[C@H]1CCC[C@H]1NC(=O)c1cccc(N(C)C)c1. The van der Waals surface area contributed by atoms with E-state index in [1.165, 1.54) is 0 Å². The Balaban J connectivity index is 2.02. The molecule has 1 saturated carbocycles.